The molecule has 31 heavy (non-hydrogen) atoms. The number of ether oxygens (including phenoxy) is 3. The van der Waals surface area contributed by atoms with E-state index in [4.69, 9.17) is 14.2 Å². The number of alkyl halides is 3. The van der Waals surface area contributed by atoms with Crippen LogP contribution in [-0.4, -0.2) is 30.9 Å². The van der Waals surface area contributed by atoms with Gasteiger partial charge in [-0.3, -0.25) is 5.32 Å². The minimum Gasteiger partial charge on any atom is -0.464 e. The van der Waals surface area contributed by atoms with Crippen LogP contribution in [0.4, 0.5) is 23.7 Å². The third-order valence-electron chi connectivity index (χ3n) is 3.97. The second-order valence-corrected chi connectivity index (χ2v) is 6.87. The number of halogens is 3. The lowest BCUT2D eigenvalue weighted by Crippen LogP contribution is -2.31. The summed E-state index contributed by atoms with van der Waals surface area (Å²) in [4.78, 5) is 24.2. The van der Waals surface area contributed by atoms with Gasteiger partial charge in [0.15, 0.2) is 6.10 Å². The van der Waals surface area contributed by atoms with Gasteiger partial charge in [-0.15, -0.1) is 0 Å². The molecule has 168 valence electrons. The van der Waals surface area contributed by atoms with Gasteiger partial charge in [0, 0.05) is 12.1 Å². The fourth-order valence-electron chi connectivity index (χ4n) is 2.69. The minimum absolute atomic E-state index is 0.155. The Balaban J connectivity index is 2.02. The second-order valence-electron chi connectivity index (χ2n) is 6.87. The Morgan fingerprint density at radius 1 is 1.06 bits per heavy atom. The van der Waals surface area contributed by atoms with Crippen LogP contribution in [-0.2, 0) is 26.9 Å². The monoisotopic (exact) mass is 439 g/mol. The molecule has 0 bridgehead atoms. The van der Waals surface area contributed by atoms with Gasteiger partial charge in [-0.05, 0) is 62.7 Å². The molecule has 1 unspecified atom stereocenters. The molecule has 0 saturated heterocycles. The van der Waals surface area contributed by atoms with E-state index in [1.165, 1.54) is 0 Å². The Hall–Kier alpha value is -3.07. The molecule has 2 rings (SSSR count). The summed E-state index contributed by atoms with van der Waals surface area (Å²) >= 11 is 0. The Morgan fingerprint density at radius 2 is 1.74 bits per heavy atom. The van der Waals surface area contributed by atoms with E-state index in [2.05, 4.69) is 5.32 Å². The number of amides is 1. The molecule has 0 aromatic heterocycles. The quantitative estimate of drug-likeness (QED) is 0.571. The first-order chi connectivity index (χ1) is 14.6. The maximum atomic E-state index is 12.6. The first kappa shape index (κ1) is 24.2. The van der Waals surface area contributed by atoms with Crippen LogP contribution in [0.25, 0.3) is 0 Å². The van der Waals surface area contributed by atoms with Gasteiger partial charge in [-0.2, -0.15) is 13.2 Å². The molecule has 0 aliphatic rings. The number of nitrogens with one attached hydrogen (secondary N) is 1. The van der Waals surface area contributed by atoms with Crippen LogP contribution in [0.2, 0.25) is 0 Å². The number of rotatable bonds is 8. The summed E-state index contributed by atoms with van der Waals surface area (Å²) in [6, 6.07) is 10.5. The number of benzene rings is 2. The first-order valence-electron chi connectivity index (χ1n) is 9.65. The smallest absolute Gasteiger partial charge is 0.417 e. The molecule has 0 spiro atoms. The molecule has 0 heterocycles. The number of carbonyl (C=O) groups excluding carboxylic acids is 2. The molecule has 0 aliphatic carbocycles. The van der Waals surface area contributed by atoms with Crippen molar-refractivity contribution in [3.63, 3.8) is 0 Å². The molecule has 1 atom stereocenters. The molecule has 6 nitrogen and oxygen atoms in total. The number of hydrogen-bond donors (Lipinski definition) is 1. The van der Waals surface area contributed by atoms with E-state index in [0.717, 1.165) is 24.3 Å². The summed E-state index contributed by atoms with van der Waals surface area (Å²) in [5.41, 5.74) is 0.0132. The van der Waals surface area contributed by atoms with Crippen LogP contribution >= 0.6 is 0 Å². The molecular weight excluding hydrogens is 415 g/mol. The maximum absolute atomic E-state index is 12.6. The largest absolute Gasteiger partial charge is 0.464 e. The Morgan fingerprint density at radius 3 is 2.32 bits per heavy atom. The summed E-state index contributed by atoms with van der Waals surface area (Å²) in [5.74, 6) is -0.281. The average Bonchev–Trinajstić information content (AvgIpc) is 2.67. The van der Waals surface area contributed by atoms with Gasteiger partial charge in [0.25, 0.3) is 0 Å². The van der Waals surface area contributed by atoms with Gasteiger partial charge in [-0.25, -0.2) is 9.59 Å². The van der Waals surface area contributed by atoms with E-state index >= 15 is 0 Å². The van der Waals surface area contributed by atoms with Crippen molar-refractivity contribution in [1.82, 2.24) is 0 Å². The lowest BCUT2D eigenvalue weighted by Gasteiger charge is -2.19. The lowest BCUT2D eigenvalue weighted by atomic mass is 10.1. The van der Waals surface area contributed by atoms with Crippen LogP contribution in [0, 0.1) is 0 Å². The van der Waals surface area contributed by atoms with Crippen molar-refractivity contribution in [2.24, 2.45) is 0 Å². The molecule has 1 N–H and O–H groups in total. The number of anilines is 1. The summed E-state index contributed by atoms with van der Waals surface area (Å²) in [6.45, 7) is 5.53. The van der Waals surface area contributed by atoms with Crippen molar-refractivity contribution in [3.8, 4) is 5.75 Å². The van der Waals surface area contributed by atoms with E-state index in [0.29, 0.717) is 5.56 Å². The normalized spacial score (nSPS) is 12.4. The van der Waals surface area contributed by atoms with Crippen LogP contribution in [0.15, 0.2) is 48.5 Å². The van der Waals surface area contributed by atoms with E-state index in [-0.39, 0.29) is 30.6 Å². The zero-order valence-electron chi connectivity index (χ0n) is 17.4. The predicted octanol–water partition coefficient (Wildman–Crippen LogP) is 5.22. The second kappa shape index (κ2) is 10.8. The molecule has 1 amide bonds. The molecule has 0 radical (unpaired) electrons. The zero-order valence-corrected chi connectivity index (χ0v) is 17.4. The van der Waals surface area contributed by atoms with Gasteiger partial charge in [-0.1, -0.05) is 12.1 Å². The molecule has 9 heteroatoms. The molecular formula is C22H24F3NO5. The molecule has 2 aromatic carbocycles. The van der Waals surface area contributed by atoms with Gasteiger partial charge in [0.1, 0.15) is 5.75 Å². The molecule has 0 saturated carbocycles. The van der Waals surface area contributed by atoms with E-state index in [9.17, 15) is 22.8 Å². The SMILES string of the molecule is CCOC(=O)C(Cc1cccc(OC(=O)Nc2ccc(C(F)(F)F)cc2)c1)OC(C)C. The Kier molecular flexibility index (Phi) is 8.44. The summed E-state index contributed by atoms with van der Waals surface area (Å²) in [5, 5.41) is 2.36. The van der Waals surface area contributed by atoms with Gasteiger partial charge in [0.2, 0.25) is 0 Å². The highest BCUT2D eigenvalue weighted by atomic mass is 19.4. The predicted molar refractivity (Wildman–Crippen MR) is 108 cm³/mol. The third kappa shape index (κ3) is 7.93. The highest BCUT2D eigenvalue weighted by Crippen LogP contribution is 2.29. The Labute approximate surface area is 178 Å². The number of esters is 1. The van der Waals surface area contributed by atoms with Crippen molar-refractivity contribution >= 4 is 17.7 Å². The van der Waals surface area contributed by atoms with Crippen molar-refractivity contribution < 1.29 is 37.0 Å². The zero-order chi connectivity index (χ0) is 23.0. The van der Waals surface area contributed by atoms with Gasteiger partial charge in [0.05, 0.1) is 18.3 Å². The average molecular weight is 439 g/mol. The van der Waals surface area contributed by atoms with E-state index in [1.807, 2.05) is 0 Å². The first-order valence-corrected chi connectivity index (χ1v) is 9.65. The lowest BCUT2D eigenvalue weighted by molar-refractivity contribution is -0.159. The van der Waals surface area contributed by atoms with E-state index in [1.54, 1.807) is 45.0 Å². The molecule has 0 aliphatic heterocycles. The number of hydrogen-bond acceptors (Lipinski definition) is 5. The Bertz CT molecular complexity index is 881. The fourth-order valence-corrected chi connectivity index (χ4v) is 2.69. The van der Waals surface area contributed by atoms with E-state index < -0.39 is 29.9 Å². The van der Waals surface area contributed by atoms with Crippen molar-refractivity contribution in [2.45, 2.75) is 45.6 Å². The van der Waals surface area contributed by atoms with Crippen LogP contribution in [0.3, 0.4) is 0 Å². The standard InChI is InChI=1S/C22H24F3NO5/c1-4-29-20(27)19(30-14(2)3)13-15-6-5-7-18(12-15)31-21(28)26-17-10-8-16(9-11-17)22(23,24)25/h5-12,14,19H,4,13H2,1-3H3,(H,26,28). The van der Waals surface area contributed by atoms with Crippen LogP contribution in [0.5, 0.6) is 5.75 Å². The van der Waals surface area contributed by atoms with Crippen molar-refractivity contribution in [2.75, 3.05) is 11.9 Å². The molecule has 0 fully saturated rings. The van der Waals surface area contributed by atoms with Crippen molar-refractivity contribution in [3.05, 3.63) is 59.7 Å². The third-order valence-corrected chi connectivity index (χ3v) is 3.97. The van der Waals surface area contributed by atoms with Crippen LogP contribution < -0.4 is 10.1 Å². The summed E-state index contributed by atoms with van der Waals surface area (Å²) < 4.78 is 53.7. The summed E-state index contributed by atoms with van der Waals surface area (Å²) in [6.07, 6.45) is -6.11. The minimum atomic E-state index is -4.46. The van der Waals surface area contributed by atoms with Gasteiger partial charge < -0.3 is 14.2 Å². The van der Waals surface area contributed by atoms with Crippen molar-refractivity contribution in [1.29, 1.82) is 0 Å². The fraction of sp³-hybridized carbons (Fsp3) is 0.364. The van der Waals surface area contributed by atoms with Gasteiger partial charge >= 0.3 is 18.2 Å². The highest BCUT2D eigenvalue weighted by molar-refractivity contribution is 5.86. The van der Waals surface area contributed by atoms with Crippen LogP contribution in [0.1, 0.15) is 31.9 Å². The summed E-state index contributed by atoms with van der Waals surface area (Å²) in [7, 11) is 0. The highest BCUT2D eigenvalue weighted by Gasteiger charge is 2.30. The number of carbonyl (C=O) groups is 2. The maximum Gasteiger partial charge on any atom is 0.417 e. The molecule has 2 aromatic rings. The topological polar surface area (TPSA) is 73.9 Å².